The SMILES string of the molecule is COC(=O)Cc1cc(-c2ccc(Cl)cc2)cc(-c2ccc(Cl)cc2)c1. The molecule has 0 atom stereocenters. The molecule has 0 aliphatic carbocycles. The Bertz CT molecular complexity index is 821. The molecule has 0 spiro atoms. The third-order valence-corrected chi connectivity index (χ3v) is 4.43. The van der Waals surface area contributed by atoms with Crippen molar-refractivity contribution >= 4 is 29.2 Å². The Balaban J connectivity index is 2.08. The van der Waals surface area contributed by atoms with Crippen LogP contribution in [-0.2, 0) is 16.0 Å². The van der Waals surface area contributed by atoms with Gasteiger partial charge in [-0.1, -0.05) is 59.6 Å². The third-order valence-electron chi connectivity index (χ3n) is 3.92. The van der Waals surface area contributed by atoms with E-state index in [1.165, 1.54) is 7.11 Å². The minimum atomic E-state index is -0.268. The fraction of sp³-hybridized carbons (Fsp3) is 0.0952. The van der Waals surface area contributed by atoms with Gasteiger partial charge >= 0.3 is 5.97 Å². The molecule has 0 saturated carbocycles. The van der Waals surface area contributed by atoms with Gasteiger partial charge in [0.2, 0.25) is 0 Å². The Hall–Kier alpha value is -2.29. The summed E-state index contributed by atoms with van der Waals surface area (Å²) in [4.78, 5) is 11.7. The molecule has 0 amide bonds. The van der Waals surface area contributed by atoms with Crippen LogP contribution in [0.2, 0.25) is 10.0 Å². The van der Waals surface area contributed by atoms with Crippen LogP contribution in [0.5, 0.6) is 0 Å². The molecule has 0 aliphatic heterocycles. The van der Waals surface area contributed by atoms with Crippen molar-refractivity contribution in [2.75, 3.05) is 7.11 Å². The van der Waals surface area contributed by atoms with Crippen LogP contribution in [0, 0.1) is 0 Å². The number of hydrogen-bond acceptors (Lipinski definition) is 2. The van der Waals surface area contributed by atoms with Crippen molar-refractivity contribution in [1.82, 2.24) is 0 Å². The van der Waals surface area contributed by atoms with Crippen LogP contribution >= 0.6 is 23.2 Å². The Labute approximate surface area is 157 Å². The Morgan fingerprint density at radius 3 is 1.60 bits per heavy atom. The van der Waals surface area contributed by atoms with E-state index in [1.807, 2.05) is 60.7 Å². The van der Waals surface area contributed by atoms with E-state index in [0.29, 0.717) is 10.0 Å². The molecule has 0 fully saturated rings. The monoisotopic (exact) mass is 370 g/mol. The van der Waals surface area contributed by atoms with E-state index >= 15 is 0 Å². The van der Waals surface area contributed by atoms with Crippen LogP contribution in [0.3, 0.4) is 0 Å². The van der Waals surface area contributed by atoms with Gasteiger partial charge in [-0.15, -0.1) is 0 Å². The average molecular weight is 371 g/mol. The molecule has 25 heavy (non-hydrogen) atoms. The lowest BCUT2D eigenvalue weighted by atomic mass is 9.95. The van der Waals surface area contributed by atoms with E-state index in [-0.39, 0.29) is 12.4 Å². The van der Waals surface area contributed by atoms with Crippen LogP contribution in [0.25, 0.3) is 22.3 Å². The Morgan fingerprint density at radius 1 is 0.760 bits per heavy atom. The normalized spacial score (nSPS) is 10.5. The van der Waals surface area contributed by atoms with Gasteiger partial charge in [0.25, 0.3) is 0 Å². The Kier molecular flexibility index (Phi) is 5.42. The summed E-state index contributed by atoms with van der Waals surface area (Å²) in [6.07, 6.45) is 0.221. The van der Waals surface area contributed by atoms with E-state index in [9.17, 15) is 4.79 Å². The number of halogens is 2. The molecule has 0 radical (unpaired) electrons. The van der Waals surface area contributed by atoms with Crippen molar-refractivity contribution in [3.63, 3.8) is 0 Å². The fourth-order valence-electron chi connectivity index (χ4n) is 2.65. The van der Waals surface area contributed by atoms with Gasteiger partial charge in [-0.3, -0.25) is 4.79 Å². The summed E-state index contributed by atoms with van der Waals surface area (Å²) in [6.45, 7) is 0. The first-order chi connectivity index (χ1) is 12.0. The van der Waals surface area contributed by atoms with Crippen molar-refractivity contribution in [3.8, 4) is 22.3 Å². The van der Waals surface area contributed by atoms with Crippen molar-refractivity contribution in [2.24, 2.45) is 0 Å². The molecule has 3 aromatic rings. The number of carbonyl (C=O) groups excluding carboxylic acids is 1. The number of benzene rings is 3. The van der Waals surface area contributed by atoms with Crippen LogP contribution in [0.15, 0.2) is 66.7 Å². The molecule has 3 aromatic carbocycles. The largest absolute Gasteiger partial charge is 0.469 e. The first kappa shape index (κ1) is 17.5. The van der Waals surface area contributed by atoms with Crippen LogP contribution < -0.4 is 0 Å². The first-order valence-electron chi connectivity index (χ1n) is 7.78. The number of hydrogen-bond donors (Lipinski definition) is 0. The summed E-state index contributed by atoms with van der Waals surface area (Å²) >= 11 is 12.0. The molecule has 0 heterocycles. The predicted octanol–water partition coefficient (Wildman–Crippen LogP) is 6.04. The van der Waals surface area contributed by atoms with Crippen molar-refractivity contribution in [1.29, 1.82) is 0 Å². The average Bonchev–Trinajstić information content (AvgIpc) is 2.62. The minimum Gasteiger partial charge on any atom is -0.469 e. The summed E-state index contributed by atoms with van der Waals surface area (Å²) in [6, 6.07) is 21.4. The highest BCUT2D eigenvalue weighted by molar-refractivity contribution is 6.30. The number of rotatable bonds is 4. The van der Waals surface area contributed by atoms with E-state index in [4.69, 9.17) is 27.9 Å². The van der Waals surface area contributed by atoms with Crippen molar-refractivity contribution < 1.29 is 9.53 Å². The highest BCUT2D eigenvalue weighted by Crippen LogP contribution is 2.30. The van der Waals surface area contributed by atoms with E-state index in [1.54, 1.807) is 0 Å². The van der Waals surface area contributed by atoms with Gasteiger partial charge in [-0.25, -0.2) is 0 Å². The zero-order valence-electron chi connectivity index (χ0n) is 13.6. The second kappa shape index (κ2) is 7.73. The van der Waals surface area contributed by atoms with Gasteiger partial charge in [0.1, 0.15) is 0 Å². The topological polar surface area (TPSA) is 26.3 Å². The molecule has 126 valence electrons. The standard InChI is InChI=1S/C21H16Cl2O2/c1-25-21(24)12-14-10-17(15-2-6-19(22)7-3-15)13-18(11-14)16-4-8-20(23)9-5-16/h2-11,13H,12H2,1H3. The highest BCUT2D eigenvalue weighted by atomic mass is 35.5. The third kappa shape index (κ3) is 4.41. The molecule has 0 bridgehead atoms. The molecule has 0 aliphatic rings. The lowest BCUT2D eigenvalue weighted by molar-refractivity contribution is -0.139. The molecule has 3 rings (SSSR count). The van der Waals surface area contributed by atoms with E-state index in [2.05, 4.69) is 6.07 Å². The Morgan fingerprint density at radius 2 is 1.20 bits per heavy atom. The summed E-state index contributed by atoms with van der Waals surface area (Å²) in [7, 11) is 1.39. The first-order valence-corrected chi connectivity index (χ1v) is 8.53. The smallest absolute Gasteiger partial charge is 0.309 e. The predicted molar refractivity (Wildman–Crippen MR) is 103 cm³/mol. The van der Waals surface area contributed by atoms with Crippen LogP contribution in [0.4, 0.5) is 0 Å². The molecule has 0 N–H and O–H groups in total. The zero-order valence-corrected chi connectivity index (χ0v) is 15.1. The molecule has 2 nitrogen and oxygen atoms in total. The molecule has 0 aromatic heterocycles. The minimum absolute atomic E-state index is 0.221. The van der Waals surface area contributed by atoms with E-state index < -0.39 is 0 Å². The number of ether oxygens (including phenoxy) is 1. The molecule has 0 saturated heterocycles. The number of carbonyl (C=O) groups is 1. The fourth-order valence-corrected chi connectivity index (χ4v) is 2.90. The van der Waals surface area contributed by atoms with Crippen LogP contribution in [0.1, 0.15) is 5.56 Å². The molecular weight excluding hydrogens is 355 g/mol. The second-order valence-corrected chi connectivity index (χ2v) is 6.56. The maximum Gasteiger partial charge on any atom is 0.309 e. The van der Waals surface area contributed by atoms with Gasteiger partial charge in [-0.05, 0) is 58.1 Å². The van der Waals surface area contributed by atoms with Crippen molar-refractivity contribution in [3.05, 3.63) is 82.3 Å². The maximum absolute atomic E-state index is 11.7. The number of methoxy groups -OCH3 is 1. The van der Waals surface area contributed by atoms with Gasteiger partial charge in [0, 0.05) is 10.0 Å². The lowest BCUT2D eigenvalue weighted by Crippen LogP contribution is -2.04. The second-order valence-electron chi connectivity index (χ2n) is 5.69. The quantitative estimate of drug-likeness (QED) is 0.523. The van der Waals surface area contributed by atoms with Gasteiger partial charge < -0.3 is 4.74 Å². The lowest BCUT2D eigenvalue weighted by Gasteiger charge is -2.11. The molecule has 0 unspecified atom stereocenters. The molecular formula is C21H16Cl2O2. The van der Waals surface area contributed by atoms with Crippen molar-refractivity contribution in [2.45, 2.75) is 6.42 Å². The number of esters is 1. The zero-order chi connectivity index (χ0) is 17.8. The van der Waals surface area contributed by atoms with Gasteiger partial charge in [0.15, 0.2) is 0 Å². The summed E-state index contributed by atoms with van der Waals surface area (Å²) in [5, 5.41) is 1.37. The van der Waals surface area contributed by atoms with Crippen LogP contribution in [-0.4, -0.2) is 13.1 Å². The maximum atomic E-state index is 11.7. The summed E-state index contributed by atoms with van der Waals surface area (Å²) < 4.78 is 4.80. The molecule has 4 heteroatoms. The summed E-state index contributed by atoms with van der Waals surface area (Å²) in [5.74, 6) is -0.268. The van der Waals surface area contributed by atoms with Gasteiger partial charge in [0.05, 0.1) is 13.5 Å². The van der Waals surface area contributed by atoms with Gasteiger partial charge in [-0.2, -0.15) is 0 Å². The highest BCUT2D eigenvalue weighted by Gasteiger charge is 2.09. The van der Waals surface area contributed by atoms with E-state index in [0.717, 1.165) is 27.8 Å². The summed E-state index contributed by atoms with van der Waals surface area (Å²) in [5.41, 5.74) is 4.99.